The normalized spacial score (nSPS) is 10.8. The van der Waals surface area contributed by atoms with Crippen molar-refractivity contribution in [2.24, 2.45) is 0 Å². The summed E-state index contributed by atoms with van der Waals surface area (Å²) in [7, 11) is 0. The minimum Gasteiger partial charge on any atom is -0.458 e. The minimum atomic E-state index is -0.392. The molecule has 1 aromatic carbocycles. The lowest BCUT2D eigenvalue weighted by Crippen LogP contribution is -2.18. The molecule has 3 aromatic heterocycles. The molecule has 0 spiro atoms. The average molecular weight is 456 g/mol. The van der Waals surface area contributed by atoms with E-state index < -0.39 is 5.91 Å². The first-order valence-corrected chi connectivity index (χ1v) is 10.6. The van der Waals surface area contributed by atoms with E-state index in [0.29, 0.717) is 34.6 Å². The van der Waals surface area contributed by atoms with Crippen LogP contribution in [-0.4, -0.2) is 26.6 Å². The molecule has 0 bridgehead atoms. The van der Waals surface area contributed by atoms with Gasteiger partial charge in [-0.2, -0.15) is 5.10 Å². The van der Waals surface area contributed by atoms with Crippen molar-refractivity contribution in [1.82, 2.24) is 20.1 Å². The van der Waals surface area contributed by atoms with E-state index in [4.69, 9.17) is 16.0 Å². The largest absolute Gasteiger partial charge is 0.458 e. The number of nitrogens with one attached hydrogen (secondary N) is 2. The number of aryl methyl sites for hydroxylation is 1. The van der Waals surface area contributed by atoms with Gasteiger partial charge in [-0.1, -0.05) is 29.8 Å². The Balaban J connectivity index is 1.50. The maximum atomic E-state index is 12.9. The van der Waals surface area contributed by atoms with Crippen molar-refractivity contribution in [2.45, 2.75) is 20.4 Å². The summed E-state index contributed by atoms with van der Waals surface area (Å²) in [5, 5.41) is 12.2. The maximum Gasteiger partial charge on any atom is 0.262 e. The number of amides is 2. The van der Waals surface area contributed by atoms with Crippen molar-refractivity contribution in [3.05, 3.63) is 70.0 Å². The zero-order valence-corrected chi connectivity index (χ0v) is 18.3. The quantitative estimate of drug-likeness (QED) is 0.447. The Bertz CT molecular complexity index is 1250. The van der Waals surface area contributed by atoms with Gasteiger partial charge >= 0.3 is 0 Å². The molecule has 4 aromatic rings. The molecule has 0 aliphatic heterocycles. The molecule has 0 saturated heterocycles. The zero-order chi connectivity index (χ0) is 22.0. The second-order valence-electron chi connectivity index (χ2n) is 6.67. The Morgan fingerprint density at radius 3 is 2.71 bits per heavy atom. The van der Waals surface area contributed by atoms with Gasteiger partial charge in [-0.15, -0.1) is 11.3 Å². The molecule has 8 nitrogen and oxygen atoms in total. The number of furan rings is 1. The van der Waals surface area contributed by atoms with E-state index >= 15 is 0 Å². The Morgan fingerprint density at radius 1 is 1.19 bits per heavy atom. The summed E-state index contributed by atoms with van der Waals surface area (Å²) >= 11 is 7.73. The topological polar surface area (TPSA) is 102 Å². The summed E-state index contributed by atoms with van der Waals surface area (Å²) in [5.74, 6) is 0.625. The fraction of sp³-hybridized carbons (Fsp3) is 0.143. The van der Waals surface area contributed by atoms with E-state index in [9.17, 15) is 9.59 Å². The molecule has 0 unspecified atom stereocenters. The van der Waals surface area contributed by atoms with E-state index in [1.807, 2.05) is 30.3 Å². The molecule has 3 heterocycles. The standard InChI is InChI=1S/C21H18ClN5O3S/c1-12-18(19(22)27(26-12)14-6-4-3-5-7-14)20(29)25-21-24-16(11-31-21)17-9-8-15(30-17)10-23-13(2)28/h3-9,11H,10H2,1-2H3,(H,23,28)(H,24,25,29). The lowest BCUT2D eigenvalue weighted by molar-refractivity contribution is -0.119. The summed E-state index contributed by atoms with van der Waals surface area (Å²) in [6.07, 6.45) is 0. The molecule has 0 radical (unpaired) electrons. The van der Waals surface area contributed by atoms with Crippen LogP contribution in [0.1, 0.15) is 28.7 Å². The van der Waals surface area contributed by atoms with E-state index in [0.717, 1.165) is 5.69 Å². The average Bonchev–Trinajstić information content (AvgIpc) is 3.46. The number of carbonyl (C=O) groups is 2. The van der Waals surface area contributed by atoms with Crippen LogP contribution in [0.25, 0.3) is 17.1 Å². The predicted molar refractivity (Wildman–Crippen MR) is 119 cm³/mol. The highest BCUT2D eigenvalue weighted by Gasteiger charge is 2.22. The third-order valence-corrected chi connectivity index (χ3v) is 5.49. The van der Waals surface area contributed by atoms with Crippen LogP contribution in [-0.2, 0) is 11.3 Å². The molecule has 10 heteroatoms. The van der Waals surface area contributed by atoms with Crippen molar-refractivity contribution in [3.63, 3.8) is 0 Å². The van der Waals surface area contributed by atoms with Gasteiger partial charge in [0.2, 0.25) is 5.91 Å². The monoisotopic (exact) mass is 455 g/mol. The van der Waals surface area contributed by atoms with Crippen LogP contribution in [0.3, 0.4) is 0 Å². The molecule has 0 fully saturated rings. The fourth-order valence-corrected chi connectivity index (χ4v) is 3.98. The number of rotatable bonds is 6. The first-order valence-electron chi connectivity index (χ1n) is 9.33. The van der Waals surface area contributed by atoms with Crippen LogP contribution in [0, 0.1) is 6.92 Å². The highest BCUT2D eigenvalue weighted by molar-refractivity contribution is 7.14. The molecule has 31 heavy (non-hydrogen) atoms. The predicted octanol–water partition coefficient (Wildman–Crippen LogP) is 4.44. The molecular formula is C21H18ClN5O3S. The van der Waals surface area contributed by atoms with Gasteiger partial charge in [-0.05, 0) is 31.2 Å². The van der Waals surface area contributed by atoms with Crippen LogP contribution in [0.2, 0.25) is 5.15 Å². The van der Waals surface area contributed by atoms with Crippen molar-refractivity contribution in [3.8, 4) is 17.1 Å². The molecular weight excluding hydrogens is 438 g/mol. The van der Waals surface area contributed by atoms with Gasteiger partial charge in [0, 0.05) is 12.3 Å². The van der Waals surface area contributed by atoms with Gasteiger partial charge in [0.1, 0.15) is 22.2 Å². The van der Waals surface area contributed by atoms with Crippen LogP contribution >= 0.6 is 22.9 Å². The van der Waals surface area contributed by atoms with Gasteiger partial charge in [0.05, 0.1) is 17.9 Å². The number of carbonyl (C=O) groups excluding carboxylic acids is 2. The molecule has 0 atom stereocenters. The Hall–Kier alpha value is -3.43. The van der Waals surface area contributed by atoms with Gasteiger partial charge in [0.25, 0.3) is 5.91 Å². The number of anilines is 1. The van der Waals surface area contributed by atoms with E-state index in [1.54, 1.807) is 24.4 Å². The summed E-state index contributed by atoms with van der Waals surface area (Å²) in [4.78, 5) is 28.3. The van der Waals surface area contributed by atoms with Crippen molar-refractivity contribution in [2.75, 3.05) is 5.32 Å². The van der Waals surface area contributed by atoms with E-state index in [2.05, 4.69) is 20.7 Å². The number of hydrogen-bond donors (Lipinski definition) is 2. The van der Waals surface area contributed by atoms with Gasteiger partial charge in [-0.3, -0.25) is 14.9 Å². The molecule has 0 aliphatic rings. The van der Waals surface area contributed by atoms with Crippen molar-refractivity contribution in [1.29, 1.82) is 0 Å². The number of nitrogens with zero attached hydrogens (tertiary/aromatic N) is 3. The maximum absolute atomic E-state index is 12.9. The van der Waals surface area contributed by atoms with Gasteiger partial charge < -0.3 is 9.73 Å². The molecule has 0 saturated carbocycles. The number of halogens is 1. The highest BCUT2D eigenvalue weighted by Crippen LogP contribution is 2.28. The summed E-state index contributed by atoms with van der Waals surface area (Å²) in [5.41, 5.74) is 2.14. The first-order chi connectivity index (χ1) is 14.9. The second kappa shape index (κ2) is 8.75. The van der Waals surface area contributed by atoms with Gasteiger partial charge in [0.15, 0.2) is 10.9 Å². The summed E-state index contributed by atoms with van der Waals surface area (Å²) < 4.78 is 7.22. The Labute approximate surface area is 186 Å². The highest BCUT2D eigenvalue weighted by atomic mass is 35.5. The molecule has 0 aliphatic carbocycles. The summed E-state index contributed by atoms with van der Waals surface area (Å²) in [6, 6.07) is 12.9. The van der Waals surface area contributed by atoms with Crippen LogP contribution in [0.15, 0.2) is 52.3 Å². The molecule has 4 rings (SSSR count). The second-order valence-corrected chi connectivity index (χ2v) is 7.88. The Kier molecular flexibility index (Phi) is 5.88. The fourth-order valence-electron chi connectivity index (χ4n) is 2.92. The SMILES string of the molecule is CC(=O)NCc1ccc(-c2csc(NC(=O)c3c(C)nn(-c4ccccc4)c3Cl)n2)o1. The van der Waals surface area contributed by atoms with Gasteiger partial charge in [-0.25, -0.2) is 9.67 Å². The van der Waals surface area contributed by atoms with Crippen molar-refractivity contribution >= 4 is 39.9 Å². The van der Waals surface area contributed by atoms with Crippen LogP contribution in [0.5, 0.6) is 0 Å². The number of thiazole rings is 1. The first kappa shape index (κ1) is 20.8. The summed E-state index contributed by atoms with van der Waals surface area (Å²) in [6.45, 7) is 3.47. The lowest BCUT2D eigenvalue weighted by Gasteiger charge is -2.03. The third kappa shape index (κ3) is 4.52. The smallest absolute Gasteiger partial charge is 0.262 e. The third-order valence-electron chi connectivity index (χ3n) is 4.38. The number of aromatic nitrogens is 3. The van der Waals surface area contributed by atoms with E-state index in [1.165, 1.54) is 22.9 Å². The van der Waals surface area contributed by atoms with Crippen LogP contribution < -0.4 is 10.6 Å². The number of hydrogen-bond acceptors (Lipinski definition) is 6. The zero-order valence-electron chi connectivity index (χ0n) is 16.7. The lowest BCUT2D eigenvalue weighted by atomic mass is 10.2. The van der Waals surface area contributed by atoms with Crippen LogP contribution in [0.4, 0.5) is 5.13 Å². The van der Waals surface area contributed by atoms with Crippen molar-refractivity contribution < 1.29 is 14.0 Å². The minimum absolute atomic E-state index is 0.138. The molecule has 2 amide bonds. The number of benzene rings is 1. The molecule has 2 N–H and O–H groups in total. The molecule has 158 valence electrons. The van der Waals surface area contributed by atoms with E-state index in [-0.39, 0.29) is 16.6 Å². The Morgan fingerprint density at radius 2 is 1.97 bits per heavy atom. The number of para-hydroxylation sites is 1.